The van der Waals surface area contributed by atoms with Crippen LogP contribution in [0.5, 0.6) is 0 Å². The Hall–Kier alpha value is -2.33. The molecule has 2 rings (SSSR count). The van der Waals surface area contributed by atoms with Gasteiger partial charge in [0.1, 0.15) is 0 Å². The van der Waals surface area contributed by atoms with E-state index in [0.717, 1.165) is 5.56 Å². The van der Waals surface area contributed by atoms with Crippen LogP contribution in [0.2, 0.25) is 5.02 Å². The Bertz CT molecular complexity index is 641. The van der Waals surface area contributed by atoms with Gasteiger partial charge in [-0.25, -0.2) is 0 Å². The normalized spacial score (nSPS) is 11.5. The Morgan fingerprint density at radius 2 is 1.64 bits per heavy atom. The number of rotatable bonds is 4. The van der Waals surface area contributed by atoms with Crippen LogP contribution in [0.1, 0.15) is 35.2 Å². The van der Waals surface area contributed by atoms with Gasteiger partial charge in [0, 0.05) is 17.0 Å². The van der Waals surface area contributed by atoms with E-state index in [-0.39, 0.29) is 17.7 Å². The lowest BCUT2D eigenvalue weighted by Gasteiger charge is -2.12. The van der Waals surface area contributed by atoms with Gasteiger partial charge in [-0.2, -0.15) is 0 Å². The maximum atomic E-state index is 11.9. The van der Waals surface area contributed by atoms with Crippen molar-refractivity contribution in [2.75, 3.05) is 0 Å². The molecular weight excluding hydrogens is 300 g/mol. The average molecular weight is 317 g/mol. The molecule has 0 saturated carbocycles. The van der Waals surface area contributed by atoms with Crippen molar-refractivity contribution >= 4 is 23.4 Å². The van der Waals surface area contributed by atoms with E-state index >= 15 is 0 Å². The summed E-state index contributed by atoms with van der Waals surface area (Å²) in [4.78, 5) is 23.7. The van der Waals surface area contributed by atoms with Gasteiger partial charge < -0.3 is 0 Å². The Morgan fingerprint density at radius 3 is 2.27 bits per heavy atom. The minimum absolute atomic E-state index is 0.0774. The quantitative estimate of drug-likeness (QED) is 0.850. The van der Waals surface area contributed by atoms with Crippen LogP contribution in [0.25, 0.3) is 0 Å². The van der Waals surface area contributed by atoms with Gasteiger partial charge in [-0.3, -0.25) is 20.4 Å². The van der Waals surface area contributed by atoms with Crippen molar-refractivity contribution < 1.29 is 9.59 Å². The largest absolute Gasteiger partial charge is 0.273 e. The Labute approximate surface area is 134 Å². The van der Waals surface area contributed by atoms with Crippen LogP contribution in [-0.2, 0) is 4.79 Å². The lowest BCUT2D eigenvalue weighted by atomic mass is 9.98. The summed E-state index contributed by atoms with van der Waals surface area (Å²) in [7, 11) is 0. The van der Waals surface area contributed by atoms with Gasteiger partial charge in [0.05, 0.1) is 0 Å². The fourth-order valence-electron chi connectivity index (χ4n) is 2.03. The molecule has 1 unspecified atom stereocenters. The number of nitrogens with one attached hydrogen (secondary N) is 2. The SMILES string of the molecule is CC(CC(=O)NNC(=O)c1ccc(Cl)cc1)c1ccccc1. The van der Waals surface area contributed by atoms with Gasteiger partial charge in [0.2, 0.25) is 5.91 Å². The molecule has 0 fully saturated rings. The summed E-state index contributed by atoms with van der Waals surface area (Å²) in [5.41, 5.74) is 6.33. The highest BCUT2D eigenvalue weighted by Crippen LogP contribution is 2.17. The third kappa shape index (κ3) is 4.60. The number of benzene rings is 2. The summed E-state index contributed by atoms with van der Waals surface area (Å²) < 4.78 is 0. The molecule has 0 radical (unpaired) electrons. The number of amides is 2. The van der Waals surface area contributed by atoms with Crippen molar-refractivity contribution in [1.29, 1.82) is 0 Å². The maximum Gasteiger partial charge on any atom is 0.269 e. The maximum absolute atomic E-state index is 11.9. The second kappa shape index (κ2) is 7.61. The lowest BCUT2D eigenvalue weighted by molar-refractivity contribution is -0.122. The zero-order valence-electron chi connectivity index (χ0n) is 12.2. The summed E-state index contributed by atoms with van der Waals surface area (Å²) in [6.45, 7) is 1.97. The molecule has 114 valence electrons. The van der Waals surface area contributed by atoms with E-state index in [1.807, 2.05) is 37.3 Å². The monoisotopic (exact) mass is 316 g/mol. The van der Waals surface area contributed by atoms with Crippen LogP contribution < -0.4 is 10.9 Å². The molecule has 1 atom stereocenters. The Morgan fingerprint density at radius 1 is 1.00 bits per heavy atom. The molecule has 0 spiro atoms. The summed E-state index contributed by atoms with van der Waals surface area (Å²) in [5.74, 6) is -0.537. The Kier molecular flexibility index (Phi) is 5.55. The molecule has 0 heterocycles. The molecule has 0 aliphatic carbocycles. The first-order chi connectivity index (χ1) is 10.6. The highest BCUT2D eigenvalue weighted by Gasteiger charge is 2.12. The van der Waals surface area contributed by atoms with Gasteiger partial charge in [-0.15, -0.1) is 0 Å². The molecule has 4 nitrogen and oxygen atoms in total. The van der Waals surface area contributed by atoms with Gasteiger partial charge in [-0.1, -0.05) is 48.9 Å². The number of carbonyl (C=O) groups excluding carboxylic acids is 2. The van der Waals surface area contributed by atoms with Crippen molar-refractivity contribution in [2.45, 2.75) is 19.3 Å². The highest BCUT2D eigenvalue weighted by molar-refractivity contribution is 6.30. The highest BCUT2D eigenvalue weighted by atomic mass is 35.5. The predicted octanol–water partition coefficient (Wildman–Crippen LogP) is 3.29. The summed E-state index contributed by atoms with van der Waals surface area (Å²) >= 11 is 5.76. The third-order valence-electron chi connectivity index (χ3n) is 3.28. The van der Waals surface area contributed by atoms with Gasteiger partial charge in [-0.05, 0) is 35.7 Å². The van der Waals surface area contributed by atoms with Gasteiger partial charge in [0.25, 0.3) is 5.91 Å². The molecule has 22 heavy (non-hydrogen) atoms. The number of carbonyl (C=O) groups is 2. The smallest absolute Gasteiger partial charge is 0.269 e. The number of halogens is 1. The molecule has 2 aromatic carbocycles. The molecule has 0 aromatic heterocycles. The topological polar surface area (TPSA) is 58.2 Å². The number of hydrogen-bond donors (Lipinski definition) is 2. The second-order valence-electron chi connectivity index (χ2n) is 5.03. The fourth-order valence-corrected chi connectivity index (χ4v) is 2.15. The Balaban J connectivity index is 1.82. The first kappa shape index (κ1) is 16.0. The van der Waals surface area contributed by atoms with Crippen LogP contribution in [0.15, 0.2) is 54.6 Å². The fraction of sp³-hybridized carbons (Fsp3) is 0.176. The predicted molar refractivity (Wildman–Crippen MR) is 86.5 cm³/mol. The van der Waals surface area contributed by atoms with Crippen molar-refractivity contribution in [3.63, 3.8) is 0 Å². The molecule has 0 aliphatic rings. The lowest BCUT2D eigenvalue weighted by Crippen LogP contribution is -2.41. The van der Waals surface area contributed by atoms with Crippen molar-refractivity contribution in [3.05, 3.63) is 70.7 Å². The minimum atomic E-state index is -0.377. The molecule has 2 amide bonds. The van der Waals surface area contributed by atoms with Crippen LogP contribution in [0, 0.1) is 0 Å². The summed E-state index contributed by atoms with van der Waals surface area (Å²) in [6.07, 6.45) is 0.297. The van der Waals surface area contributed by atoms with Crippen LogP contribution in [-0.4, -0.2) is 11.8 Å². The number of hydrazine groups is 1. The molecule has 0 saturated heterocycles. The standard InChI is InChI=1S/C17H17ClN2O2/c1-12(13-5-3-2-4-6-13)11-16(21)19-20-17(22)14-7-9-15(18)10-8-14/h2-10,12H,11H2,1H3,(H,19,21)(H,20,22). The van der Waals surface area contributed by atoms with E-state index in [0.29, 0.717) is 17.0 Å². The van der Waals surface area contributed by atoms with Gasteiger partial charge >= 0.3 is 0 Å². The second-order valence-corrected chi connectivity index (χ2v) is 5.46. The summed E-state index contributed by atoms with van der Waals surface area (Å²) in [6, 6.07) is 16.2. The number of hydrogen-bond acceptors (Lipinski definition) is 2. The molecular formula is C17H17ClN2O2. The molecule has 0 aliphatic heterocycles. The summed E-state index contributed by atoms with van der Waals surface area (Å²) in [5, 5.41) is 0.553. The first-order valence-corrected chi connectivity index (χ1v) is 7.34. The molecule has 2 N–H and O–H groups in total. The third-order valence-corrected chi connectivity index (χ3v) is 3.53. The average Bonchev–Trinajstić information content (AvgIpc) is 2.54. The molecule has 5 heteroatoms. The van der Waals surface area contributed by atoms with Crippen molar-refractivity contribution in [1.82, 2.24) is 10.9 Å². The first-order valence-electron chi connectivity index (χ1n) is 6.96. The zero-order valence-corrected chi connectivity index (χ0v) is 12.9. The van der Waals surface area contributed by atoms with Gasteiger partial charge in [0.15, 0.2) is 0 Å². The molecule has 2 aromatic rings. The van der Waals surface area contributed by atoms with Crippen molar-refractivity contribution in [2.24, 2.45) is 0 Å². The van der Waals surface area contributed by atoms with Crippen LogP contribution in [0.3, 0.4) is 0 Å². The van der Waals surface area contributed by atoms with Crippen LogP contribution in [0.4, 0.5) is 0 Å². The van der Waals surface area contributed by atoms with Crippen LogP contribution >= 0.6 is 11.6 Å². The van der Waals surface area contributed by atoms with E-state index in [9.17, 15) is 9.59 Å². The van der Waals surface area contributed by atoms with E-state index in [2.05, 4.69) is 10.9 Å². The van der Waals surface area contributed by atoms with Crippen molar-refractivity contribution in [3.8, 4) is 0 Å². The van der Waals surface area contributed by atoms with E-state index in [1.54, 1.807) is 24.3 Å². The van der Waals surface area contributed by atoms with E-state index in [1.165, 1.54) is 0 Å². The minimum Gasteiger partial charge on any atom is -0.273 e. The molecule has 0 bridgehead atoms. The van der Waals surface area contributed by atoms with E-state index < -0.39 is 0 Å². The zero-order chi connectivity index (χ0) is 15.9. The van der Waals surface area contributed by atoms with E-state index in [4.69, 9.17) is 11.6 Å².